The summed E-state index contributed by atoms with van der Waals surface area (Å²) in [4.78, 5) is 6.00. The zero-order chi connectivity index (χ0) is 14.1. The van der Waals surface area contributed by atoms with Gasteiger partial charge in [0.1, 0.15) is 0 Å². The molecule has 3 aromatic rings. The minimum Gasteiger partial charge on any atom is -0.241 e. The first-order valence-electron chi connectivity index (χ1n) is 6.75. The number of nitrogens with zero attached hydrogens (tertiary/aromatic N) is 1. The Labute approximate surface area is 124 Å². The molecular weight excluding hydrogens is 262 g/mol. The molecule has 0 aliphatic heterocycles. The van der Waals surface area contributed by atoms with Crippen molar-refractivity contribution in [3.63, 3.8) is 0 Å². The second-order valence-corrected chi connectivity index (χ2v) is 6.28. The van der Waals surface area contributed by atoms with Gasteiger partial charge in [0.05, 0.1) is 15.6 Å². The SMILES string of the molecule is Cc1nc(-c2ccc(C)c(C)c2)c(-c2ccccc2)s1. The molecule has 0 saturated heterocycles. The summed E-state index contributed by atoms with van der Waals surface area (Å²) in [5.41, 5.74) is 6.18. The lowest BCUT2D eigenvalue weighted by Gasteiger charge is -2.06. The van der Waals surface area contributed by atoms with Gasteiger partial charge in [-0.1, -0.05) is 42.5 Å². The molecule has 3 rings (SSSR count). The summed E-state index contributed by atoms with van der Waals surface area (Å²) in [6.07, 6.45) is 0. The number of hydrogen-bond acceptors (Lipinski definition) is 2. The van der Waals surface area contributed by atoms with Crippen molar-refractivity contribution in [3.8, 4) is 21.7 Å². The Bertz CT molecular complexity index is 741. The topological polar surface area (TPSA) is 12.9 Å². The Morgan fingerprint density at radius 2 is 1.55 bits per heavy atom. The highest BCUT2D eigenvalue weighted by molar-refractivity contribution is 7.15. The van der Waals surface area contributed by atoms with Crippen molar-refractivity contribution in [2.24, 2.45) is 0 Å². The molecule has 0 N–H and O–H groups in total. The van der Waals surface area contributed by atoms with Crippen LogP contribution in [0.4, 0.5) is 0 Å². The van der Waals surface area contributed by atoms with Gasteiger partial charge < -0.3 is 0 Å². The number of benzene rings is 2. The molecular formula is C18H17NS. The maximum absolute atomic E-state index is 4.75. The standard InChI is InChI=1S/C18H17NS/c1-12-9-10-16(11-13(12)2)17-18(20-14(3)19-17)15-7-5-4-6-8-15/h4-11H,1-3H3. The maximum Gasteiger partial charge on any atom is 0.0908 e. The molecule has 0 radical (unpaired) electrons. The number of rotatable bonds is 2. The average Bonchev–Trinajstić information content (AvgIpc) is 2.85. The number of hydrogen-bond donors (Lipinski definition) is 0. The fourth-order valence-electron chi connectivity index (χ4n) is 2.30. The van der Waals surface area contributed by atoms with E-state index in [1.165, 1.54) is 27.1 Å². The number of aromatic nitrogens is 1. The summed E-state index contributed by atoms with van der Waals surface area (Å²) < 4.78 is 0. The molecule has 1 heterocycles. The van der Waals surface area contributed by atoms with Gasteiger partial charge in [0.2, 0.25) is 0 Å². The summed E-state index contributed by atoms with van der Waals surface area (Å²) in [5.74, 6) is 0. The molecule has 2 heteroatoms. The Morgan fingerprint density at radius 3 is 2.25 bits per heavy atom. The maximum atomic E-state index is 4.75. The van der Waals surface area contributed by atoms with Crippen LogP contribution in [0.25, 0.3) is 21.7 Å². The summed E-state index contributed by atoms with van der Waals surface area (Å²) in [6, 6.07) is 17.1. The number of thiazole rings is 1. The summed E-state index contributed by atoms with van der Waals surface area (Å²) >= 11 is 1.76. The third kappa shape index (κ3) is 2.39. The summed E-state index contributed by atoms with van der Waals surface area (Å²) in [6.45, 7) is 6.37. The van der Waals surface area contributed by atoms with Crippen LogP contribution in [-0.4, -0.2) is 4.98 Å². The van der Waals surface area contributed by atoms with Gasteiger partial charge in [0.15, 0.2) is 0 Å². The van der Waals surface area contributed by atoms with Gasteiger partial charge in [-0.25, -0.2) is 4.98 Å². The third-order valence-corrected chi connectivity index (χ3v) is 4.57. The highest BCUT2D eigenvalue weighted by atomic mass is 32.1. The fraction of sp³-hybridized carbons (Fsp3) is 0.167. The Morgan fingerprint density at radius 1 is 0.800 bits per heavy atom. The molecule has 0 spiro atoms. The minimum atomic E-state index is 1.10. The monoisotopic (exact) mass is 279 g/mol. The van der Waals surface area contributed by atoms with Gasteiger partial charge in [-0.2, -0.15) is 0 Å². The molecule has 20 heavy (non-hydrogen) atoms. The van der Waals surface area contributed by atoms with Crippen molar-refractivity contribution >= 4 is 11.3 Å². The van der Waals surface area contributed by atoms with Crippen molar-refractivity contribution in [1.82, 2.24) is 4.98 Å². The van der Waals surface area contributed by atoms with Crippen molar-refractivity contribution < 1.29 is 0 Å². The van der Waals surface area contributed by atoms with E-state index in [1.807, 2.05) is 6.07 Å². The van der Waals surface area contributed by atoms with E-state index in [0.717, 1.165) is 10.7 Å². The van der Waals surface area contributed by atoms with E-state index in [4.69, 9.17) is 4.98 Å². The largest absolute Gasteiger partial charge is 0.241 e. The second kappa shape index (κ2) is 5.22. The molecule has 2 aromatic carbocycles. The fourth-order valence-corrected chi connectivity index (χ4v) is 3.24. The van der Waals surface area contributed by atoms with E-state index < -0.39 is 0 Å². The summed E-state index contributed by atoms with van der Waals surface area (Å²) in [7, 11) is 0. The molecule has 0 aliphatic carbocycles. The van der Waals surface area contributed by atoms with Crippen LogP contribution < -0.4 is 0 Å². The summed E-state index contributed by atoms with van der Waals surface area (Å²) in [5, 5.41) is 1.11. The minimum absolute atomic E-state index is 1.10. The van der Waals surface area contributed by atoms with Crippen molar-refractivity contribution in [2.45, 2.75) is 20.8 Å². The third-order valence-electron chi connectivity index (χ3n) is 3.55. The van der Waals surface area contributed by atoms with Crippen molar-refractivity contribution in [2.75, 3.05) is 0 Å². The molecule has 0 amide bonds. The smallest absolute Gasteiger partial charge is 0.0908 e. The van der Waals surface area contributed by atoms with Gasteiger partial charge in [-0.15, -0.1) is 11.3 Å². The predicted octanol–water partition coefficient (Wildman–Crippen LogP) is 5.40. The van der Waals surface area contributed by atoms with Crippen molar-refractivity contribution in [3.05, 3.63) is 64.7 Å². The molecule has 0 saturated carbocycles. The normalized spacial score (nSPS) is 10.8. The lowest BCUT2D eigenvalue weighted by Crippen LogP contribution is -1.86. The van der Waals surface area contributed by atoms with Crippen LogP contribution in [-0.2, 0) is 0 Å². The average molecular weight is 279 g/mol. The lowest BCUT2D eigenvalue weighted by atomic mass is 10.0. The van der Waals surface area contributed by atoms with Crippen LogP contribution in [0.5, 0.6) is 0 Å². The molecule has 0 bridgehead atoms. The highest BCUT2D eigenvalue weighted by Crippen LogP contribution is 2.36. The number of aryl methyl sites for hydroxylation is 3. The Kier molecular flexibility index (Phi) is 3.41. The predicted molar refractivity (Wildman–Crippen MR) is 87.2 cm³/mol. The van der Waals surface area contributed by atoms with Crippen LogP contribution in [0.1, 0.15) is 16.1 Å². The van der Waals surface area contributed by atoms with Crippen LogP contribution in [0.15, 0.2) is 48.5 Å². The van der Waals surface area contributed by atoms with E-state index in [2.05, 4.69) is 63.2 Å². The molecule has 0 fully saturated rings. The first-order chi connectivity index (χ1) is 9.65. The molecule has 1 nitrogen and oxygen atoms in total. The Hall–Kier alpha value is -1.93. The van der Waals surface area contributed by atoms with Crippen LogP contribution in [0, 0.1) is 20.8 Å². The molecule has 0 atom stereocenters. The molecule has 100 valence electrons. The highest BCUT2D eigenvalue weighted by Gasteiger charge is 2.13. The first kappa shape index (κ1) is 13.1. The quantitative estimate of drug-likeness (QED) is 0.612. The zero-order valence-corrected chi connectivity index (χ0v) is 12.8. The van der Waals surface area contributed by atoms with E-state index in [0.29, 0.717) is 0 Å². The van der Waals surface area contributed by atoms with E-state index in [9.17, 15) is 0 Å². The van der Waals surface area contributed by atoms with Crippen LogP contribution in [0.3, 0.4) is 0 Å². The van der Waals surface area contributed by atoms with E-state index in [-0.39, 0.29) is 0 Å². The van der Waals surface area contributed by atoms with Crippen LogP contribution >= 0.6 is 11.3 Å². The van der Waals surface area contributed by atoms with Crippen LogP contribution in [0.2, 0.25) is 0 Å². The molecule has 1 aromatic heterocycles. The zero-order valence-electron chi connectivity index (χ0n) is 12.0. The van der Waals surface area contributed by atoms with Crippen molar-refractivity contribution in [1.29, 1.82) is 0 Å². The van der Waals surface area contributed by atoms with E-state index >= 15 is 0 Å². The molecule has 0 aliphatic rings. The molecule has 0 unspecified atom stereocenters. The van der Waals surface area contributed by atoms with Gasteiger partial charge in [0, 0.05) is 5.56 Å². The van der Waals surface area contributed by atoms with Gasteiger partial charge >= 0.3 is 0 Å². The van der Waals surface area contributed by atoms with Gasteiger partial charge in [0.25, 0.3) is 0 Å². The Balaban J connectivity index is 2.17. The first-order valence-corrected chi connectivity index (χ1v) is 7.57. The second-order valence-electron chi connectivity index (χ2n) is 5.08. The lowest BCUT2D eigenvalue weighted by molar-refractivity contribution is 1.28. The van der Waals surface area contributed by atoms with Gasteiger partial charge in [-0.05, 0) is 43.5 Å². The van der Waals surface area contributed by atoms with Gasteiger partial charge in [-0.3, -0.25) is 0 Å². The van der Waals surface area contributed by atoms with E-state index in [1.54, 1.807) is 11.3 Å².